The summed E-state index contributed by atoms with van der Waals surface area (Å²) < 4.78 is 9.83. The van der Waals surface area contributed by atoms with Crippen molar-refractivity contribution >= 4 is 11.9 Å². The first-order valence-corrected chi connectivity index (χ1v) is 6.32. The first kappa shape index (κ1) is 14.9. The zero-order valence-corrected chi connectivity index (χ0v) is 11.2. The molecule has 18 heavy (non-hydrogen) atoms. The van der Waals surface area contributed by atoms with Crippen LogP contribution in [-0.2, 0) is 19.1 Å². The normalized spacial score (nSPS) is 15.8. The Balaban J connectivity index is 2.43. The molecule has 0 aliphatic carbocycles. The zero-order valence-electron chi connectivity index (χ0n) is 11.2. The number of carbonyl (C=O) groups excluding carboxylic acids is 2. The van der Waals surface area contributed by atoms with Crippen molar-refractivity contribution in [1.82, 2.24) is 9.80 Å². The molecule has 0 N–H and O–H groups in total. The smallest absolute Gasteiger partial charge is 0.319 e. The Labute approximate surface area is 108 Å². The molecule has 1 rings (SSSR count). The summed E-state index contributed by atoms with van der Waals surface area (Å²) in [4.78, 5) is 26.9. The van der Waals surface area contributed by atoms with Crippen LogP contribution < -0.4 is 0 Å². The Morgan fingerprint density at radius 1 is 1.28 bits per heavy atom. The fourth-order valence-corrected chi connectivity index (χ4v) is 1.88. The van der Waals surface area contributed by atoms with Gasteiger partial charge in [-0.05, 0) is 13.0 Å². The molecule has 0 unspecified atom stereocenters. The third-order valence-electron chi connectivity index (χ3n) is 2.84. The minimum absolute atomic E-state index is 0.0515. The summed E-state index contributed by atoms with van der Waals surface area (Å²) in [5, 5.41) is 0. The predicted octanol–water partition coefficient (Wildman–Crippen LogP) is -0.270. The number of amides is 1. The molecule has 0 radical (unpaired) electrons. The highest BCUT2D eigenvalue weighted by atomic mass is 16.5. The van der Waals surface area contributed by atoms with E-state index in [2.05, 4.69) is 4.74 Å². The van der Waals surface area contributed by atoms with Crippen molar-refractivity contribution in [3.05, 3.63) is 0 Å². The molecule has 0 aromatic rings. The predicted molar refractivity (Wildman–Crippen MR) is 66.1 cm³/mol. The van der Waals surface area contributed by atoms with Gasteiger partial charge in [-0.3, -0.25) is 14.5 Å². The van der Waals surface area contributed by atoms with Gasteiger partial charge in [0.15, 0.2) is 0 Å². The van der Waals surface area contributed by atoms with Gasteiger partial charge in [0.25, 0.3) is 0 Å². The van der Waals surface area contributed by atoms with E-state index < -0.39 is 0 Å². The lowest BCUT2D eigenvalue weighted by Gasteiger charge is -2.29. The van der Waals surface area contributed by atoms with Gasteiger partial charge in [0.2, 0.25) is 5.91 Å². The highest BCUT2D eigenvalue weighted by Crippen LogP contribution is 2.00. The van der Waals surface area contributed by atoms with Crippen LogP contribution in [0.4, 0.5) is 0 Å². The fourth-order valence-electron chi connectivity index (χ4n) is 1.88. The van der Waals surface area contributed by atoms with Crippen LogP contribution in [0.25, 0.3) is 0 Å². The molecule has 1 fully saturated rings. The van der Waals surface area contributed by atoms with E-state index in [0.717, 1.165) is 6.42 Å². The summed E-state index contributed by atoms with van der Waals surface area (Å²) in [7, 11) is 1.36. The van der Waals surface area contributed by atoms with Crippen molar-refractivity contribution in [3.63, 3.8) is 0 Å². The molecule has 6 nitrogen and oxygen atoms in total. The Hall–Kier alpha value is -1.14. The maximum atomic E-state index is 12.0. The Morgan fingerprint density at radius 3 is 2.50 bits per heavy atom. The molecule has 1 heterocycles. The van der Waals surface area contributed by atoms with E-state index in [4.69, 9.17) is 4.74 Å². The van der Waals surface area contributed by atoms with Gasteiger partial charge >= 0.3 is 5.97 Å². The highest BCUT2D eigenvalue weighted by Gasteiger charge is 2.20. The molecular weight excluding hydrogens is 236 g/mol. The number of carbonyl (C=O) groups is 2. The second-order valence-corrected chi connectivity index (χ2v) is 4.28. The van der Waals surface area contributed by atoms with Gasteiger partial charge < -0.3 is 14.4 Å². The molecule has 0 atom stereocenters. The number of morpholine rings is 1. The van der Waals surface area contributed by atoms with Crippen molar-refractivity contribution in [1.29, 1.82) is 0 Å². The monoisotopic (exact) mass is 258 g/mol. The first-order chi connectivity index (χ1) is 8.67. The van der Waals surface area contributed by atoms with E-state index in [-0.39, 0.29) is 25.0 Å². The lowest BCUT2D eigenvalue weighted by atomic mass is 10.3. The lowest BCUT2D eigenvalue weighted by molar-refractivity contribution is -0.143. The molecule has 6 heteroatoms. The van der Waals surface area contributed by atoms with Gasteiger partial charge in [-0.2, -0.15) is 0 Å². The number of rotatable bonds is 6. The zero-order chi connectivity index (χ0) is 13.4. The number of esters is 1. The van der Waals surface area contributed by atoms with Gasteiger partial charge in [-0.25, -0.2) is 0 Å². The first-order valence-electron chi connectivity index (χ1n) is 6.32. The summed E-state index contributed by atoms with van der Waals surface area (Å²) in [5.74, 6) is -0.256. The number of hydrogen-bond donors (Lipinski definition) is 0. The largest absolute Gasteiger partial charge is 0.468 e. The van der Waals surface area contributed by atoms with Crippen LogP contribution in [-0.4, -0.2) is 74.7 Å². The van der Waals surface area contributed by atoms with Crippen LogP contribution in [0, 0.1) is 0 Å². The summed E-state index contributed by atoms with van der Waals surface area (Å²) in [6.07, 6.45) is 0.896. The van der Waals surface area contributed by atoms with E-state index in [1.807, 2.05) is 11.8 Å². The highest BCUT2D eigenvalue weighted by molar-refractivity contribution is 5.79. The second kappa shape index (κ2) is 8.05. The maximum Gasteiger partial charge on any atom is 0.319 e. The molecule has 0 spiro atoms. The van der Waals surface area contributed by atoms with Crippen LogP contribution in [0.2, 0.25) is 0 Å². The molecular formula is C12H22N2O4. The molecule has 1 aliphatic heterocycles. The van der Waals surface area contributed by atoms with Crippen molar-refractivity contribution in [2.24, 2.45) is 0 Å². The van der Waals surface area contributed by atoms with Gasteiger partial charge in [0.1, 0.15) is 0 Å². The molecule has 1 saturated heterocycles. The molecule has 0 saturated carbocycles. The lowest BCUT2D eigenvalue weighted by Crippen LogP contribution is -2.46. The van der Waals surface area contributed by atoms with Crippen LogP contribution >= 0.6 is 0 Å². The van der Waals surface area contributed by atoms with E-state index in [1.54, 1.807) is 4.90 Å². The number of ether oxygens (including phenoxy) is 2. The topological polar surface area (TPSA) is 59.1 Å². The third kappa shape index (κ3) is 5.01. The molecule has 0 aromatic carbocycles. The van der Waals surface area contributed by atoms with Crippen molar-refractivity contribution in [3.8, 4) is 0 Å². The van der Waals surface area contributed by atoms with Crippen molar-refractivity contribution < 1.29 is 19.1 Å². The van der Waals surface area contributed by atoms with E-state index in [0.29, 0.717) is 32.8 Å². The summed E-state index contributed by atoms with van der Waals surface area (Å²) in [5.41, 5.74) is 0. The van der Waals surface area contributed by atoms with Crippen molar-refractivity contribution in [2.75, 3.05) is 53.0 Å². The average molecular weight is 258 g/mol. The molecule has 104 valence electrons. The molecule has 1 amide bonds. The third-order valence-corrected chi connectivity index (χ3v) is 2.84. The van der Waals surface area contributed by atoms with Gasteiger partial charge in [-0.15, -0.1) is 0 Å². The molecule has 1 aliphatic rings. The van der Waals surface area contributed by atoms with Crippen molar-refractivity contribution in [2.45, 2.75) is 13.3 Å². The Morgan fingerprint density at radius 2 is 1.94 bits per heavy atom. The van der Waals surface area contributed by atoms with E-state index >= 15 is 0 Å². The van der Waals surface area contributed by atoms with Crippen LogP contribution in [0.5, 0.6) is 0 Å². The number of nitrogens with zero attached hydrogens (tertiary/aromatic N) is 2. The minimum Gasteiger partial charge on any atom is -0.468 e. The fraction of sp³-hybridized carbons (Fsp3) is 0.833. The summed E-state index contributed by atoms with van der Waals surface area (Å²) in [6.45, 7) is 5.62. The van der Waals surface area contributed by atoms with Crippen LogP contribution in [0.15, 0.2) is 0 Å². The quantitative estimate of drug-likeness (QED) is 0.614. The maximum absolute atomic E-state index is 12.0. The summed E-state index contributed by atoms with van der Waals surface area (Å²) in [6, 6.07) is 0. The Kier molecular flexibility index (Phi) is 6.67. The number of hydrogen-bond acceptors (Lipinski definition) is 5. The Bertz CT molecular complexity index is 277. The standard InChI is InChI=1S/C12H22N2O4/c1-3-4-13(10-12(16)17-2)9-11(15)14-5-7-18-8-6-14/h3-10H2,1-2H3. The SMILES string of the molecule is CCCN(CC(=O)OC)CC(=O)N1CCOCC1. The van der Waals surface area contributed by atoms with Gasteiger partial charge in [0, 0.05) is 13.1 Å². The van der Waals surface area contributed by atoms with Crippen LogP contribution in [0.3, 0.4) is 0 Å². The minimum atomic E-state index is -0.307. The molecule has 0 bridgehead atoms. The van der Waals surface area contributed by atoms with E-state index in [9.17, 15) is 9.59 Å². The van der Waals surface area contributed by atoms with E-state index in [1.165, 1.54) is 7.11 Å². The second-order valence-electron chi connectivity index (χ2n) is 4.28. The number of methoxy groups -OCH3 is 1. The van der Waals surface area contributed by atoms with Gasteiger partial charge in [-0.1, -0.05) is 6.92 Å². The van der Waals surface area contributed by atoms with Crippen LogP contribution in [0.1, 0.15) is 13.3 Å². The van der Waals surface area contributed by atoms with Gasteiger partial charge in [0.05, 0.1) is 33.4 Å². The average Bonchev–Trinajstić information content (AvgIpc) is 2.39. The summed E-state index contributed by atoms with van der Waals surface area (Å²) >= 11 is 0. The molecule has 0 aromatic heterocycles.